The zero-order chi connectivity index (χ0) is 12.3. The minimum atomic E-state index is -2.45. The Labute approximate surface area is 100.0 Å². The van der Waals surface area contributed by atoms with Gasteiger partial charge in [-0.3, -0.25) is 0 Å². The van der Waals surface area contributed by atoms with Crippen molar-refractivity contribution in [2.45, 2.75) is 31.7 Å². The van der Waals surface area contributed by atoms with Crippen LogP contribution in [-0.4, -0.2) is 13.7 Å². The largest absolute Gasteiger partial charge is 0.496 e. The number of hydrogen-bond donors (Lipinski definition) is 1. The normalized spacial score (nSPS) is 20.6. The Kier molecular flexibility index (Phi) is 3.94. The molecular weight excluding hydrogens is 224 g/mol. The summed E-state index contributed by atoms with van der Waals surface area (Å²) in [5.74, 6) is 0.558. The van der Waals surface area contributed by atoms with Crippen molar-refractivity contribution in [3.63, 3.8) is 0 Å². The third-order valence-electron chi connectivity index (χ3n) is 3.21. The summed E-state index contributed by atoms with van der Waals surface area (Å²) >= 11 is 0. The molecule has 94 valence electrons. The Morgan fingerprint density at radius 1 is 1.35 bits per heavy atom. The predicted octanol–water partition coefficient (Wildman–Crippen LogP) is 3.45. The molecule has 1 aliphatic heterocycles. The number of alkyl halides is 2. The summed E-state index contributed by atoms with van der Waals surface area (Å²) in [6.45, 7) is 0.880. The molecule has 0 saturated carbocycles. The van der Waals surface area contributed by atoms with Crippen LogP contribution in [0.25, 0.3) is 0 Å². The number of piperidine rings is 1. The van der Waals surface area contributed by atoms with Gasteiger partial charge >= 0.3 is 0 Å². The number of methoxy groups -OCH3 is 1. The van der Waals surface area contributed by atoms with E-state index >= 15 is 0 Å². The van der Waals surface area contributed by atoms with Crippen LogP contribution in [0.5, 0.6) is 5.75 Å². The average molecular weight is 241 g/mol. The highest BCUT2D eigenvalue weighted by molar-refractivity contribution is 5.43. The van der Waals surface area contributed by atoms with Crippen LogP contribution >= 0.6 is 0 Å². The summed E-state index contributed by atoms with van der Waals surface area (Å²) in [5.41, 5.74) is 0.716. The van der Waals surface area contributed by atoms with E-state index < -0.39 is 6.43 Å². The standard InChI is InChI=1S/C13H17F2NO/c1-17-11-7-4-5-9(13(14)15)12(11)10-6-2-3-8-16-10/h4-5,7,10,13,16H,2-3,6,8H2,1H3. The van der Waals surface area contributed by atoms with Crippen molar-refractivity contribution >= 4 is 0 Å². The van der Waals surface area contributed by atoms with Gasteiger partial charge in [0, 0.05) is 17.2 Å². The number of rotatable bonds is 3. The molecular formula is C13H17F2NO. The van der Waals surface area contributed by atoms with Gasteiger partial charge in [0.15, 0.2) is 0 Å². The molecule has 1 N–H and O–H groups in total. The molecule has 0 spiro atoms. The van der Waals surface area contributed by atoms with Crippen LogP contribution in [0.1, 0.15) is 42.9 Å². The Morgan fingerprint density at radius 2 is 2.18 bits per heavy atom. The molecule has 4 heteroatoms. The lowest BCUT2D eigenvalue weighted by Crippen LogP contribution is -2.28. The molecule has 2 rings (SSSR count). The van der Waals surface area contributed by atoms with E-state index in [4.69, 9.17) is 4.74 Å². The monoisotopic (exact) mass is 241 g/mol. The van der Waals surface area contributed by atoms with Crippen LogP contribution in [0, 0.1) is 0 Å². The zero-order valence-electron chi connectivity index (χ0n) is 9.88. The molecule has 1 atom stereocenters. The van der Waals surface area contributed by atoms with Crippen LogP contribution in [0.15, 0.2) is 18.2 Å². The maximum Gasteiger partial charge on any atom is 0.264 e. The first kappa shape index (κ1) is 12.3. The van der Waals surface area contributed by atoms with Gasteiger partial charge in [-0.05, 0) is 25.5 Å². The number of halogens is 2. The molecule has 0 radical (unpaired) electrons. The lowest BCUT2D eigenvalue weighted by molar-refractivity contribution is 0.148. The quantitative estimate of drug-likeness (QED) is 0.875. The first-order chi connectivity index (χ1) is 8.24. The molecule has 17 heavy (non-hydrogen) atoms. The first-order valence-corrected chi connectivity index (χ1v) is 5.92. The SMILES string of the molecule is COc1cccc(C(F)F)c1C1CCCCN1. The van der Waals surface area contributed by atoms with Crippen LogP contribution in [0.2, 0.25) is 0 Å². The molecule has 1 aromatic carbocycles. The Balaban J connectivity index is 2.40. The maximum atomic E-state index is 13.0. The number of nitrogens with one attached hydrogen (secondary N) is 1. The van der Waals surface area contributed by atoms with Gasteiger partial charge in [-0.25, -0.2) is 8.78 Å². The van der Waals surface area contributed by atoms with E-state index in [2.05, 4.69) is 5.32 Å². The van der Waals surface area contributed by atoms with Crippen molar-refractivity contribution in [2.75, 3.05) is 13.7 Å². The second-order valence-corrected chi connectivity index (χ2v) is 4.27. The molecule has 1 unspecified atom stereocenters. The summed E-state index contributed by atoms with van der Waals surface area (Å²) in [7, 11) is 1.52. The zero-order valence-corrected chi connectivity index (χ0v) is 9.88. The van der Waals surface area contributed by atoms with E-state index in [1.165, 1.54) is 13.2 Å². The van der Waals surface area contributed by atoms with Gasteiger partial charge < -0.3 is 10.1 Å². The average Bonchev–Trinajstić information content (AvgIpc) is 2.38. The Morgan fingerprint density at radius 3 is 2.76 bits per heavy atom. The van der Waals surface area contributed by atoms with Gasteiger partial charge in [0.2, 0.25) is 0 Å². The fourth-order valence-electron chi connectivity index (χ4n) is 2.40. The molecule has 1 fully saturated rings. The van der Waals surface area contributed by atoms with Crippen LogP contribution in [0.3, 0.4) is 0 Å². The van der Waals surface area contributed by atoms with E-state index in [0.29, 0.717) is 11.3 Å². The van der Waals surface area contributed by atoms with Gasteiger partial charge in [-0.15, -0.1) is 0 Å². The van der Waals surface area contributed by atoms with Crippen LogP contribution in [0.4, 0.5) is 8.78 Å². The highest BCUT2D eigenvalue weighted by Crippen LogP contribution is 2.37. The van der Waals surface area contributed by atoms with E-state index in [9.17, 15) is 8.78 Å². The van der Waals surface area contributed by atoms with Gasteiger partial charge in [-0.1, -0.05) is 18.6 Å². The summed E-state index contributed by atoms with van der Waals surface area (Å²) in [6.07, 6.45) is 0.609. The van der Waals surface area contributed by atoms with Gasteiger partial charge in [-0.2, -0.15) is 0 Å². The first-order valence-electron chi connectivity index (χ1n) is 5.92. The Hall–Kier alpha value is -1.16. The fourth-order valence-corrected chi connectivity index (χ4v) is 2.40. The fraction of sp³-hybridized carbons (Fsp3) is 0.538. The number of benzene rings is 1. The molecule has 0 aliphatic carbocycles. The predicted molar refractivity (Wildman–Crippen MR) is 62.5 cm³/mol. The highest BCUT2D eigenvalue weighted by Gasteiger charge is 2.25. The maximum absolute atomic E-state index is 13.0. The topological polar surface area (TPSA) is 21.3 Å². The molecule has 0 aromatic heterocycles. The second-order valence-electron chi connectivity index (χ2n) is 4.27. The van der Waals surface area contributed by atoms with Crippen molar-refractivity contribution in [1.82, 2.24) is 5.32 Å². The summed E-state index contributed by atoms with van der Waals surface area (Å²) < 4.78 is 31.2. The molecule has 1 aromatic rings. The third-order valence-corrected chi connectivity index (χ3v) is 3.21. The van der Waals surface area contributed by atoms with Crippen molar-refractivity contribution in [3.05, 3.63) is 29.3 Å². The van der Waals surface area contributed by atoms with Gasteiger partial charge in [0.05, 0.1) is 7.11 Å². The van der Waals surface area contributed by atoms with Gasteiger partial charge in [0.1, 0.15) is 5.75 Å². The van der Waals surface area contributed by atoms with Crippen LogP contribution in [-0.2, 0) is 0 Å². The Bertz CT molecular complexity index is 376. The lowest BCUT2D eigenvalue weighted by Gasteiger charge is -2.27. The molecule has 0 amide bonds. The molecule has 1 aliphatic rings. The summed E-state index contributed by atoms with van der Waals surface area (Å²) in [5, 5.41) is 3.29. The summed E-state index contributed by atoms with van der Waals surface area (Å²) in [4.78, 5) is 0. The number of ether oxygens (including phenoxy) is 1. The van der Waals surface area contributed by atoms with E-state index in [1.807, 2.05) is 0 Å². The molecule has 1 saturated heterocycles. The second kappa shape index (κ2) is 5.45. The van der Waals surface area contributed by atoms with Crippen molar-refractivity contribution in [2.24, 2.45) is 0 Å². The van der Waals surface area contributed by atoms with E-state index in [0.717, 1.165) is 25.8 Å². The van der Waals surface area contributed by atoms with Crippen molar-refractivity contribution < 1.29 is 13.5 Å². The van der Waals surface area contributed by atoms with Gasteiger partial charge in [0.25, 0.3) is 6.43 Å². The van der Waals surface area contributed by atoms with Crippen LogP contribution < -0.4 is 10.1 Å². The molecule has 0 bridgehead atoms. The highest BCUT2D eigenvalue weighted by atomic mass is 19.3. The van der Waals surface area contributed by atoms with Crippen molar-refractivity contribution in [1.29, 1.82) is 0 Å². The lowest BCUT2D eigenvalue weighted by atomic mass is 9.93. The smallest absolute Gasteiger partial charge is 0.264 e. The van der Waals surface area contributed by atoms with E-state index in [-0.39, 0.29) is 11.6 Å². The molecule has 2 nitrogen and oxygen atoms in total. The summed E-state index contributed by atoms with van der Waals surface area (Å²) in [6, 6.07) is 4.84. The third kappa shape index (κ3) is 2.57. The minimum Gasteiger partial charge on any atom is -0.496 e. The van der Waals surface area contributed by atoms with E-state index in [1.54, 1.807) is 12.1 Å². The number of hydrogen-bond acceptors (Lipinski definition) is 2. The molecule has 1 heterocycles. The minimum absolute atomic E-state index is 0.0103. The van der Waals surface area contributed by atoms with Crippen molar-refractivity contribution in [3.8, 4) is 5.75 Å².